The van der Waals surface area contributed by atoms with Gasteiger partial charge in [0.2, 0.25) is 0 Å². The molecule has 0 fully saturated rings. The topological polar surface area (TPSA) is 67.5 Å². The maximum absolute atomic E-state index is 4.52. The molecule has 24 heavy (non-hydrogen) atoms. The first-order chi connectivity index (χ1) is 11.7. The molecule has 0 saturated heterocycles. The lowest BCUT2D eigenvalue weighted by molar-refractivity contribution is 0.934. The molecule has 0 bridgehead atoms. The maximum atomic E-state index is 4.52. The first-order valence-corrected chi connectivity index (χ1v) is 7.68. The third-order valence-electron chi connectivity index (χ3n) is 3.96. The number of anilines is 1. The zero-order valence-corrected chi connectivity index (χ0v) is 13.4. The molecule has 0 aliphatic heterocycles. The molecule has 0 aliphatic carbocycles. The van der Waals surface area contributed by atoms with Crippen LogP contribution < -0.4 is 5.43 Å². The van der Waals surface area contributed by atoms with Gasteiger partial charge in [0.05, 0.1) is 5.71 Å². The fourth-order valence-corrected chi connectivity index (χ4v) is 2.61. The van der Waals surface area contributed by atoms with Crippen molar-refractivity contribution >= 4 is 27.9 Å². The van der Waals surface area contributed by atoms with Crippen molar-refractivity contribution in [2.75, 3.05) is 5.43 Å². The Balaban J connectivity index is 1.75. The normalized spacial score (nSPS) is 12.0. The minimum Gasteiger partial charge on any atom is -0.259 e. The average Bonchev–Trinajstić information content (AvgIpc) is 3.08. The summed E-state index contributed by atoms with van der Waals surface area (Å²) in [4.78, 5) is 0. The molecule has 4 rings (SSSR count). The lowest BCUT2D eigenvalue weighted by Gasteiger charge is -2.07. The van der Waals surface area contributed by atoms with Crippen LogP contribution in [-0.4, -0.2) is 25.5 Å². The Morgan fingerprint density at radius 3 is 2.58 bits per heavy atom. The van der Waals surface area contributed by atoms with Crippen LogP contribution in [-0.2, 0) is 0 Å². The van der Waals surface area contributed by atoms with Gasteiger partial charge < -0.3 is 0 Å². The minimum atomic E-state index is 0.671. The number of hydrogen-bond acceptors (Lipinski definition) is 5. The number of nitrogens with one attached hydrogen (secondary N) is 1. The monoisotopic (exact) mass is 316 g/mol. The number of aromatic nitrogens is 4. The van der Waals surface area contributed by atoms with Gasteiger partial charge in [-0.3, -0.25) is 5.43 Å². The van der Waals surface area contributed by atoms with Crippen LogP contribution in [0.5, 0.6) is 0 Å². The number of fused-ring (bicyclic) bond motifs is 3. The van der Waals surface area contributed by atoms with Crippen molar-refractivity contribution in [2.45, 2.75) is 13.8 Å². The van der Waals surface area contributed by atoms with E-state index in [-0.39, 0.29) is 0 Å². The van der Waals surface area contributed by atoms with Gasteiger partial charge in [-0.15, -0.1) is 15.3 Å². The zero-order chi connectivity index (χ0) is 16.5. The number of hydrogen-bond donors (Lipinski definition) is 1. The molecule has 2 heterocycles. The van der Waals surface area contributed by atoms with Crippen LogP contribution in [0.2, 0.25) is 0 Å². The molecule has 118 valence electrons. The lowest BCUT2D eigenvalue weighted by atomic mass is 10.1. The van der Waals surface area contributed by atoms with Gasteiger partial charge in [0.15, 0.2) is 11.5 Å². The number of rotatable bonds is 3. The standard InChI is InChI=1S/C18H16N6/c1-12-7-9-14(10-8-12)13(2)20-21-17-15-5-3-4-6-16(15)18-22-19-11-24(18)23-17/h3-11H,1-2H3,(H,21,23)/b20-13+. The Hall–Kier alpha value is -3.28. The van der Waals surface area contributed by atoms with Crippen LogP contribution in [0.25, 0.3) is 16.4 Å². The summed E-state index contributed by atoms with van der Waals surface area (Å²) in [5.74, 6) is 0.671. The van der Waals surface area contributed by atoms with Gasteiger partial charge in [-0.2, -0.15) is 9.62 Å². The van der Waals surface area contributed by atoms with Gasteiger partial charge in [-0.25, -0.2) is 0 Å². The molecular weight excluding hydrogens is 300 g/mol. The van der Waals surface area contributed by atoms with E-state index in [4.69, 9.17) is 0 Å². The summed E-state index contributed by atoms with van der Waals surface area (Å²) >= 11 is 0. The van der Waals surface area contributed by atoms with E-state index in [1.165, 1.54) is 5.56 Å². The molecule has 2 aromatic heterocycles. The van der Waals surface area contributed by atoms with E-state index in [1.54, 1.807) is 10.8 Å². The molecule has 0 amide bonds. The molecule has 6 nitrogen and oxygen atoms in total. The largest absolute Gasteiger partial charge is 0.259 e. The van der Waals surface area contributed by atoms with Crippen molar-refractivity contribution in [3.8, 4) is 0 Å². The van der Waals surface area contributed by atoms with Crippen LogP contribution in [0.4, 0.5) is 5.82 Å². The quantitative estimate of drug-likeness (QED) is 0.464. The van der Waals surface area contributed by atoms with Crippen LogP contribution in [0, 0.1) is 6.92 Å². The highest BCUT2D eigenvalue weighted by molar-refractivity contribution is 6.01. The second-order valence-corrected chi connectivity index (χ2v) is 5.67. The second-order valence-electron chi connectivity index (χ2n) is 5.67. The average molecular weight is 316 g/mol. The van der Waals surface area contributed by atoms with E-state index in [2.05, 4.69) is 57.0 Å². The predicted octanol–water partition coefficient (Wildman–Crippen LogP) is 3.42. The summed E-state index contributed by atoms with van der Waals surface area (Å²) in [6.07, 6.45) is 1.59. The van der Waals surface area contributed by atoms with E-state index in [0.717, 1.165) is 27.7 Å². The second kappa shape index (κ2) is 5.73. The molecular formula is C18H16N6. The summed E-state index contributed by atoms with van der Waals surface area (Å²) in [6.45, 7) is 4.04. The molecule has 0 radical (unpaired) electrons. The van der Waals surface area contributed by atoms with Gasteiger partial charge >= 0.3 is 0 Å². The van der Waals surface area contributed by atoms with Gasteiger partial charge in [0.25, 0.3) is 0 Å². The molecule has 1 N–H and O–H groups in total. The van der Waals surface area contributed by atoms with Gasteiger partial charge in [0.1, 0.15) is 6.33 Å². The Kier molecular flexibility index (Phi) is 3.42. The Bertz CT molecular complexity index is 1050. The number of hydrazone groups is 1. The summed E-state index contributed by atoms with van der Waals surface area (Å²) < 4.78 is 1.65. The van der Waals surface area contributed by atoms with E-state index < -0.39 is 0 Å². The fraction of sp³-hybridized carbons (Fsp3) is 0.111. The molecule has 0 aliphatic rings. The van der Waals surface area contributed by atoms with E-state index >= 15 is 0 Å². The van der Waals surface area contributed by atoms with Crippen molar-refractivity contribution in [3.05, 3.63) is 66.0 Å². The van der Waals surface area contributed by atoms with E-state index in [9.17, 15) is 0 Å². The highest BCUT2D eigenvalue weighted by Gasteiger charge is 2.09. The minimum absolute atomic E-state index is 0.671. The van der Waals surface area contributed by atoms with Gasteiger partial charge in [0, 0.05) is 10.8 Å². The summed E-state index contributed by atoms with van der Waals surface area (Å²) in [6, 6.07) is 16.2. The predicted molar refractivity (Wildman–Crippen MR) is 95.3 cm³/mol. The third-order valence-corrected chi connectivity index (χ3v) is 3.96. The van der Waals surface area contributed by atoms with Crippen molar-refractivity contribution < 1.29 is 0 Å². The number of benzene rings is 2. The van der Waals surface area contributed by atoms with E-state index in [1.807, 2.05) is 31.2 Å². The van der Waals surface area contributed by atoms with Gasteiger partial charge in [-0.05, 0) is 19.4 Å². The Morgan fingerprint density at radius 1 is 1.04 bits per heavy atom. The van der Waals surface area contributed by atoms with Crippen molar-refractivity contribution in [3.63, 3.8) is 0 Å². The number of nitrogens with zero attached hydrogens (tertiary/aromatic N) is 5. The van der Waals surface area contributed by atoms with E-state index in [0.29, 0.717) is 5.82 Å². The van der Waals surface area contributed by atoms with Crippen molar-refractivity contribution in [2.24, 2.45) is 5.10 Å². The third kappa shape index (κ3) is 2.48. The number of aryl methyl sites for hydroxylation is 1. The van der Waals surface area contributed by atoms with Crippen LogP contribution in [0.15, 0.2) is 60.0 Å². The first-order valence-electron chi connectivity index (χ1n) is 7.68. The Labute approximate surface area is 138 Å². The van der Waals surface area contributed by atoms with Crippen LogP contribution >= 0.6 is 0 Å². The highest BCUT2D eigenvalue weighted by Crippen LogP contribution is 2.23. The molecule has 6 heteroatoms. The molecule has 2 aromatic carbocycles. The van der Waals surface area contributed by atoms with Crippen LogP contribution in [0.3, 0.4) is 0 Å². The SMILES string of the molecule is C/C(=N\Nc1nn2cnnc2c2ccccc12)c1ccc(C)cc1. The zero-order valence-electron chi connectivity index (χ0n) is 13.4. The molecule has 0 saturated carbocycles. The fourth-order valence-electron chi connectivity index (χ4n) is 2.61. The molecule has 0 unspecified atom stereocenters. The maximum Gasteiger partial charge on any atom is 0.185 e. The first kappa shape index (κ1) is 14.3. The summed E-state index contributed by atoms with van der Waals surface area (Å²) in [5.41, 5.74) is 7.01. The smallest absolute Gasteiger partial charge is 0.185 e. The van der Waals surface area contributed by atoms with Crippen molar-refractivity contribution in [1.82, 2.24) is 19.8 Å². The molecule has 0 spiro atoms. The van der Waals surface area contributed by atoms with Crippen molar-refractivity contribution in [1.29, 1.82) is 0 Å². The highest BCUT2D eigenvalue weighted by atomic mass is 15.4. The lowest BCUT2D eigenvalue weighted by Crippen LogP contribution is -2.04. The van der Waals surface area contributed by atoms with Gasteiger partial charge in [-0.1, -0.05) is 54.1 Å². The Morgan fingerprint density at radius 2 is 1.79 bits per heavy atom. The molecule has 0 atom stereocenters. The molecule has 4 aromatic rings. The summed E-state index contributed by atoms with van der Waals surface area (Å²) in [5, 5.41) is 19.0. The summed E-state index contributed by atoms with van der Waals surface area (Å²) in [7, 11) is 0. The van der Waals surface area contributed by atoms with Crippen LogP contribution in [0.1, 0.15) is 18.1 Å².